The summed E-state index contributed by atoms with van der Waals surface area (Å²) in [5, 5.41) is 0.625. The van der Waals surface area contributed by atoms with Crippen molar-refractivity contribution in [2.24, 2.45) is 0 Å². The highest BCUT2D eigenvalue weighted by molar-refractivity contribution is 7.86. The van der Waals surface area contributed by atoms with Crippen molar-refractivity contribution in [3.05, 3.63) is 58.1 Å². The number of carbonyl (C=O) groups excluding carboxylic acids is 1. The summed E-state index contributed by atoms with van der Waals surface area (Å²) >= 11 is 6.14. The molecule has 0 aliphatic carbocycles. The van der Waals surface area contributed by atoms with Gasteiger partial charge in [-0.25, -0.2) is 0 Å². The van der Waals surface area contributed by atoms with Crippen LogP contribution in [0.5, 0.6) is 11.5 Å². The fourth-order valence-corrected chi connectivity index (χ4v) is 4.73. The number of methoxy groups -OCH3 is 1. The van der Waals surface area contributed by atoms with Crippen LogP contribution >= 0.6 is 11.6 Å². The van der Waals surface area contributed by atoms with Crippen molar-refractivity contribution in [2.75, 3.05) is 19.5 Å². The van der Waals surface area contributed by atoms with Gasteiger partial charge in [0.15, 0.2) is 11.5 Å². The molecule has 0 N–H and O–H groups in total. The van der Waals surface area contributed by atoms with Crippen molar-refractivity contribution in [3.8, 4) is 11.5 Å². The number of carbonyl (C=O) groups is 1. The lowest BCUT2D eigenvalue weighted by Crippen LogP contribution is -2.28. The maximum Gasteiger partial charge on any atom is 0.310 e. The number of rotatable bonds is 10. The van der Waals surface area contributed by atoms with Gasteiger partial charge < -0.3 is 14.2 Å². The number of hydrogen-bond donors (Lipinski definition) is 0. The van der Waals surface area contributed by atoms with Crippen molar-refractivity contribution in [1.82, 2.24) is 0 Å². The van der Waals surface area contributed by atoms with Crippen molar-refractivity contribution >= 4 is 28.4 Å². The van der Waals surface area contributed by atoms with Crippen molar-refractivity contribution in [3.63, 3.8) is 0 Å². The molecule has 0 unspecified atom stereocenters. The van der Waals surface area contributed by atoms with Gasteiger partial charge in [-0.15, -0.1) is 0 Å². The summed E-state index contributed by atoms with van der Waals surface area (Å²) in [5.74, 6) is 0.931. The van der Waals surface area contributed by atoms with Crippen LogP contribution in [0.15, 0.2) is 36.4 Å². The van der Waals surface area contributed by atoms with Gasteiger partial charge in [-0.05, 0) is 82.5 Å². The van der Waals surface area contributed by atoms with E-state index in [0.29, 0.717) is 28.9 Å². The predicted octanol–water partition coefficient (Wildman–Crippen LogP) is 5.92. The summed E-state index contributed by atoms with van der Waals surface area (Å²) in [6.45, 7) is 11.8. The number of benzene rings is 2. The van der Waals surface area contributed by atoms with Gasteiger partial charge in [0.2, 0.25) is 0 Å². The summed E-state index contributed by atoms with van der Waals surface area (Å²) in [6, 6.07) is 11.3. The molecule has 0 aromatic heterocycles. The Bertz CT molecular complexity index is 964. The third-order valence-corrected chi connectivity index (χ3v) is 7.33. The molecule has 0 radical (unpaired) electrons. The Kier molecular flexibility index (Phi) is 9.80. The summed E-state index contributed by atoms with van der Waals surface area (Å²) in [7, 11) is 0.427. The molecule has 7 heteroatoms. The normalized spacial score (nSPS) is 13.5. The minimum Gasteiger partial charge on any atom is -0.493 e. The van der Waals surface area contributed by atoms with E-state index < -0.39 is 15.5 Å². The first kappa shape index (κ1) is 27.2. The first-order valence-corrected chi connectivity index (χ1v) is 12.8. The van der Waals surface area contributed by atoms with E-state index in [1.165, 1.54) is 0 Å². The fraction of sp³-hybridized carbons (Fsp3) is 0.500. The molecule has 5 nitrogen and oxygen atoms in total. The molecule has 0 aliphatic heterocycles. The summed E-state index contributed by atoms with van der Waals surface area (Å²) in [5.41, 5.74) is 2.58. The second kappa shape index (κ2) is 11.9. The highest BCUT2D eigenvalue weighted by Gasteiger charge is 2.28. The number of ether oxygens (including phenoxy) is 3. The SMILES string of the molecule is CCOC(=O)Cc1cc(OC)c(OC(C)C)cc1[C@@H](C[S@@](=O)C(C)(C)C)c1ccc(Cl)cc1. The minimum atomic E-state index is -1.14. The van der Waals surface area contributed by atoms with Crippen LogP contribution in [0.4, 0.5) is 0 Å². The van der Waals surface area contributed by atoms with Gasteiger partial charge in [-0.2, -0.15) is 0 Å². The highest BCUT2D eigenvalue weighted by atomic mass is 35.5. The average molecular weight is 495 g/mol. The Hall–Kier alpha value is -2.05. The molecule has 0 saturated heterocycles. The standard InChI is InChI=1S/C26H35ClO5S/c1-8-31-25(28)14-19-13-23(30-7)24(32-17(2)3)15-21(19)22(16-33(29)26(4,5)6)18-9-11-20(27)12-10-18/h9-13,15,17,22H,8,14,16H2,1-7H3/t22-,33+/m0/s1. The lowest BCUT2D eigenvalue weighted by Gasteiger charge is -2.27. The van der Waals surface area contributed by atoms with Gasteiger partial charge in [0.1, 0.15) is 0 Å². The molecule has 0 spiro atoms. The minimum absolute atomic E-state index is 0.0691. The Balaban J connectivity index is 2.71. The third-order valence-electron chi connectivity index (χ3n) is 5.08. The first-order valence-electron chi connectivity index (χ1n) is 11.1. The molecule has 2 aromatic carbocycles. The van der Waals surface area contributed by atoms with Crippen LogP contribution in [0.3, 0.4) is 0 Å². The summed E-state index contributed by atoms with van der Waals surface area (Å²) in [4.78, 5) is 12.4. The largest absolute Gasteiger partial charge is 0.493 e. The fourth-order valence-electron chi connectivity index (χ4n) is 3.43. The lowest BCUT2D eigenvalue weighted by molar-refractivity contribution is -0.142. The van der Waals surface area contributed by atoms with Crippen molar-refractivity contribution in [2.45, 2.75) is 64.7 Å². The Labute approximate surface area is 205 Å². The van der Waals surface area contributed by atoms with Crippen LogP contribution in [0.1, 0.15) is 64.2 Å². The zero-order chi connectivity index (χ0) is 24.8. The molecule has 33 heavy (non-hydrogen) atoms. The van der Waals surface area contributed by atoms with E-state index in [0.717, 1.165) is 16.7 Å². The van der Waals surface area contributed by atoms with Crippen molar-refractivity contribution in [1.29, 1.82) is 0 Å². The van der Waals surface area contributed by atoms with E-state index in [-0.39, 0.29) is 24.4 Å². The number of esters is 1. The Morgan fingerprint density at radius 1 is 1.09 bits per heavy atom. The smallest absolute Gasteiger partial charge is 0.310 e. The predicted molar refractivity (Wildman–Crippen MR) is 135 cm³/mol. The topological polar surface area (TPSA) is 61.8 Å². The molecule has 0 amide bonds. The Morgan fingerprint density at radius 2 is 1.73 bits per heavy atom. The molecule has 2 aromatic rings. The molecule has 0 saturated carbocycles. The first-order chi connectivity index (χ1) is 15.5. The number of hydrogen-bond acceptors (Lipinski definition) is 5. The molecular weight excluding hydrogens is 460 g/mol. The second-order valence-corrected chi connectivity index (χ2v) is 11.8. The Morgan fingerprint density at radius 3 is 2.24 bits per heavy atom. The zero-order valence-corrected chi connectivity index (χ0v) is 22.1. The van der Waals surface area contributed by atoms with Gasteiger partial charge in [-0.1, -0.05) is 23.7 Å². The molecular formula is C26H35ClO5S. The van der Waals surface area contributed by atoms with Crippen LogP contribution in [-0.4, -0.2) is 40.5 Å². The molecule has 0 aliphatic rings. The molecule has 2 atom stereocenters. The summed E-state index contributed by atoms with van der Waals surface area (Å²) in [6.07, 6.45) is 0.00799. The van der Waals surface area contributed by atoms with E-state index in [1.807, 2.05) is 71.0 Å². The van der Waals surface area contributed by atoms with Gasteiger partial charge in [0.05, 0.1) is 26.2 Å². The second-order valence-electron chi connectivity index (χ2n) is 9.08. The van der Waals surface area contributed by atoms with Crippen LogP contribution in [-0.2, 0) is 26.8 Å². The molecule has 0 fully saturated rings. The van der Waals surface area contributed by atoms with E-state index in [2.05, 4.69) is 0 Å². The van der Waals surface area contributed by atoms with Crippen LogP contribution < -0.4 is 9.47 Å². The quantitative estimate of drug-likeness (QED) is 0.383. The summed E-state index contributed by atoms with van der Waals surface area (Å²) < 4.78 is 29.7. The van der Waals surface area contributed by atoms with Gasteiger partial charge in [0, 0.05) is 32.2 Å². The lowest BCUT2D eigenvalue weighted by atomic mass is 9.88. The maximum atomic E-state index is 13.2. The van der Waals surface area contributed by atoms with Crippen LogP contribution in [0.25, 0.3) is 0 Å². The van der Waals surface area contributed by atoms with E-state index in [9.17, 15) is 9.00 Å². The van der Waals surface area contributed by atoms with Crippen LogP contribution in [0.2, 0.25) is 5.02 Å². The third kappa shape index (κ3) is 7.75. The van der Waals surface area contributed by atoms with Gasteiger partial charge in [0.25, 0.3) is 0 Å². The zero-order valence-electron chi connectivity index (χ0n) is 20.6. The molecule has 2 rings (SSSR count). The van der Waals surface area contributed by atoms with E-state index in [1.54, 1.807) is 14.0 Å². The van der Waals surface area contributed by atoms with Gasteiger partial charge >= 0.3 is 5.97 Å². The number of halogens is 1. The highest BCUT2D eigenvalue weighted by Crippen LogP contribution is 2.39. The molecule has 182 valence electrons. The molecule has 0 heterocycles. The molecule has 0 bridgehead atoms. The average Bonchev–Trinajstić information content (AvgIpc) is 2.72. The van der Waals surface area contributed by atoms with E-state index in [4.69, 9.17) is 25.8 Å². The van der Waals surface area contributed by atoms with E-state index >= 15 is 0 Å². The van der Waals surface area contributed by atoms with Crippen LogP contribution in [0, 0.1) is 0 Å². The monoisotopic (exact) mass is 494 g/mol. The maximum absolute atomic E-state index is 13.2. The van der Waals surface area contributed by atoms with Crippen molar-refractivity contribution < 1.29 is 23.2 Å². The van der Waals surface area contributed by atoms with Gasteiger partial charge in [-0.3, -0.25) is 9.00 Å².